The van der Waals surface area contributed by atoms with Crippen molar-refractivity contribution in [2.24, 2.45) is 0 Å². The van der Waals surface area contributed by atoms with Crippen molar-refractivity contribution in [2.75, 3.05) is 39.6 Å². The standard InChI is InChI=1S/C85H144O17P2/c1-5-9-13-17-21-25-29-33-35-37-39-41-43-47-49-53-57-61-65-69-82(87)95-75-80(101-84(89)71-67-63-59-55-51-45-31-27-23-19-15-11-7-3)77-99-103(91,92)97-73-79(86)74-98-104(93,94)100-78-81(102-85(90)72-68-64-60-56-52-46-32-28-24-20-16-12-8-4)76-96-83(88)70-66-62-58-54-50-48-44-42-40-38-36-34-30-26-22-18-14-10-6-2/h9-10,13-14,21-22,25-27,31,33-36,39-42,47-50,79-81,86H,5-8,11-12,15-20,23-24,28-30,32,37-38,43-46,51-78H2,1-4H3,(H,91,92)(H,93,94)/b13-9-,14-10-,25-21-,26-22-,31-27-,35-33-,36-34-,41-39-,42-40-,49-47-,50-48-/t79-,80-,81-/m1/s1. The maximum atomic E-state index is 13.1. The summed E-state index contributed by atoms with van der Waals surface area (Å²) in [5.74, 6) is -2.25. The summed E-state index contributed by atoms with van der Waals surface area (Å²) < 4.78 is 68.6. The normalized spacial score (nSPS) is 14.6. The molecule has 596 valence electrons. The second kappa shape index (κ2) is 76.4. The van der Waals surface area contributed by atoms with E-state index >= 15 is 0 Å². The van der Waals surface area contributed by atoms with E-state index in [0.29, 0.717) is 25.7 Å². The van der Waals surface area contributed by atoms with E-state index in [0.717, 1.165) is 167 Å². The lowest BCUT2D eigenvalue weighted by Gasteiger charge is -2.21. The highest BCUT2D eigenvalue weighted by Crippen LogP contribution is 2.45. The Bertz CT molecular complexity index is 2490. The number of phosphoric acid groups is 2. The average molecular weight is 1500 g/mol. The van der Waals surface area contributed by atoms with Gasteiger partial charge in [-0.2, -0.15) is 0 Å². The molecule has 0 saturated heterocycles. The summed E-state index contributed by atoms with van der Waals surface area (Å²) in [7, 11) is -9.98. The van der Waals surface area contributed by atoms with Crippen molar-refractivity contribution in [3.63, 3.8) is 0 Å². The van der Waals surface area contributed by atoms with Gasteiger partial charge in [0, 0.05) is 25.7 Å². The fourth-order valence-corrected chi connectivity index (χ4v) is 12.1. The molecule has 104 heavy (non-hydrogen) atoms. The molecule has 19 heteroatoms. The van der Waals surface area contributed by atoms with Gasteiger partial charge in [0.05, 0.1) is 26.4 Å². The summed E-state index contributed by atoms with van der Waals surface area (Å²) >= 11 is 0. The molecule has 0 radical (unpaired) electrons. The fraction of sp³-hybridized carbons (Fsp3) is 0.694. The first kappa shape index (κ1) is 99.2. The molecule has 0 aromatic heterocycles. The van der Waals surface area contributed by atoms with Crippen LogP contribution in [0.25, 0.3) is 0 Å². The van der Waals surface area contributed by atoms with Gasteiger partial charge in [-0.3, -0.25) is 37.3 Å². The van der Waals surface area contributed by atoms with Crippen LogP contribution in [0.15, 0.2) is 134 Å². The second-order valence-corrected chi connectivity index (χ2v) is 29.5. The Morgan fingerprint density at radius 3 is 0.798 bits per heavy atom. The Morgan fingerprint density at radius 2 is 0.500 bits per heavy atom. The molecule has 17 nitrogen and oxygen atoms in total. The van der Waals surface area contributed by atoms with Crippen molar-refractivity contribution in [3.05, 3.63) is 134 Å². The second-order valence-electron chi connectivity index (χ2n) is 26.6. The van der Waals surface area contributed by atoms with E-state index in [2.05, 4.69) is 161 Å². The van der Waals surface area contributed by atoms with E-state index in [4.69, 9.17) is 37.0 Å². The molecule has 0 aliphatic rings. The average Bonchev–Trinajstić information content (AvgIpc) is 0.913. The molecule has 0 saturated carbocycles. The highest BCUT2D eigenvalue weighted by Gasteiger charge is 2.30. The van der Waals surface area contributed by atoms with Crippen LogP contribution < -0.4 is 0 Å². The minimum Gasteiger partial charge on any atom is -0.462 e. The summed E-state index contributed by atoms with van der Waals surface area (Å²) in [4.78, 5) is 73.0. The van der Waals surface area contributed by atoms with E-state index in [1.54, 1.807) is 0 Å². The third kappa shape index (κ3) is 75.4. The molecular formula is C85H144O17P2. The van der Waals surface area contributed by atoms with Crippen molar-refractivity contribution < 1.29 is 80.2 Å². The molecule has 0 aliphatic carbocycles. The number of ether oxygens (including phenoxy) is 4. The summed E-state index contributed by atoms with van der Waals surface area (Å²) in [6.07, 6.45) is 85.7. The van der Waals surface area contributed by atoms with Gasteiger partial charge < -0.3 is 33.8 Å². The summed E-state index contributed by atoms with van der Waals surface area (Å²) in [5.41, 5.74) is 0. The number of carbonyl (C=O) groups is 4. The number of hydrogen-bond donors (Lipinski definition) is 3. The molecule has 0 spiro atoms. The van der Waals surface area contributed by atoms with E-state index in [1.807, 2.05) is 0 Å². The van der Waals surface area contributed by atoms with Crippen LogP contribution in [-0.4, -0.2) is 96.7 Å². The number of esters is 4. The number of hydrogen-bond acceptors (Lipinski definition) is 15. The summed E-state index contributed by atoms with van der Waals surface area (Å²) in [6.45, 7) is 4.57. The minimum atomic E-state index is -4.99. The topological polar surface area (TPSA) is 237 Å². The molecule has 0 aromatic rings. The minimum absolute atomic E-state index is 0.0744. The molecule has 0 rings (SSSR count). The molecule has 0 bridgehead atoms. The number of carbonyl (C=O) groups excluding carboxylic acids is 4. The van der Waals surface area contributed by atoms with Gasteiger partial charge >= 0.3 is 39.5 Å². The van der Waals surface area contributed by atoms with Crippen LogP contribution >= 0.6 is 15.6 Å². The maximum Gasteiger partial charge on any atom is 0.472 e. The molecule has 0 fully saturated rings. The first-order chi connectivity index (χ1) is 50.7. The highest BCUT2D eigenvalue weighted by atomic mass is 31.2. The van der Waals surface area contributed by atoms with Crippen LogP contribution in [0, 0.1) is 0 Å². The Labute approximate surface area is 631 Å². The van der Waals surface area contributed by atoms with E-state index in [-0.39, 0.29) is 25.7 Å². The zero-order valence-corrected chi connectivity index (χ0v) is 66.9. The third-order valence-electron chi connectivity index (χ3n) is 16.6. The van der Waals surface area contributed by atoms with Gasteiger partial charge in [-0.05, 0) is 141 Å². The van der Waals surface area contributed by atoms with Crippen LogP contribution in [0.5, 0.6) is 0 Å². The van der Waals surface area contributed by atoms with Gasteiger partial charge in [0.2, 0.25) is 0 Å². The SMILES string of the molecule is CC/C=C\C/C=C\C/C=C\C/C=C\C/C=C\CCCCCC(=O)OC[C@H](COP(=O)(O)OC[C@@H](O)COP(=O)(O)OC[C@@H](COC(=O)CCCCC/C=C\C/C=C\C/C=C\C/C=C\C/C=C\CC)OC(=O)CCCCCCCCCCCCCCC)OC(=O)CCCCCCC/C=C\CCCCCC. The summed E-state index contributed by atoms with van der Waals surface area (Å²) in [6, 6.07) is 0. The molecular weight excluding hydrogens is 1350 g/mol. The van der Waals surface area contributed by atoms with Gasteiger partial charge in [0.25, 0.3) is 0 Å². The maximum absolute atomic E-state index is 13.1. The monoisotopic (exact) mass is 1500 g/mol. The largest absolute Gasteiger partial charge is 0.472 e. The zero-order valence-electron chi connectivity index (χ0n) is 65.2. The quantitative estimate of drug-likeness (QED) is 0.0169. The lowest BCUT2D eigenvalue weighted by atomic mass is 10.0. The van der Waals surface area contributed by atoms with Crippen LogP contribution in [0.2, 0.25) is 0 Å². The van der Waals surface area contributed by atoms with Crippen LogP contribution in [-0.2, 0) is 65.4 Å². The molecule has 0 aromatic carbocycles. The predicted molar refractivity (Wildman–Crippen MR) is 427 cm³/mol. The molecule has 0 amide bonds. The number of aliphatic hydroxyl groups is 1. The predicted octanol–water partition coefficient (Wildman–Crippen LogP) is 23.7. The fourth-order valence-electron chi connectivity index (χ4n) is 10.5. The Morgan fingerprint density at radius 1 is 0.279 bits per heavy atom. The van der Waals surface area contributed by atoms with Gasteiger partial charge in [-0.25, -0.2) is 9.13 Å². The molecule has 0 aliphatic heterocycles. The molecule has 5 atom stereocenters. The number of aliphatic hydroxyl groups excluding tert-OH is 1. The van der Waals surface area contributed by atoms with Crippen molar-refractivity contribution in [3.8, 4) is 0 Å². The van der Waals surface area contributed by atoms with Crippen molar-refractivity contribution >= 4 is 39.5 Å². The van der Waals surface area contributed by atoms with Crippen molar-refractivity contribution in [2.45, 2.75) is 341 Å². The first-order valence-corrected chi connectivity index (χ1v) is 43.4. The van der Waals surface area contributed by atoms with Crippen LogP contribution in [0.3, 0.4) is 0 Å². The first-order valence-electron chi connectivity index (χ1n) is 40.4. The molecule has 2 unspecified atom stereocenters. The van der Waals surface area contributed by atoms with E-state index < -0.39 is 97.5 Å². The molecule has 3 N–H and O–H groups in total. The lowest BCUT2D eigenvalue weighted by Crippen LogP contribution is -2.30. The van der Waals surface area contributed by atoms with Crippen molar-refractivity contribution in [1.82, 2.24) is 0 Å². The highest BCUT2D eigenvalue weighted by molar-refractivity contribution is 7.47. The van der Waals surface area contributed by atoms with Gasteiger partial charge in [0.1, 0.15) is 19.3 Å². The number of unbranched alkanes of at least 4 members (excludes halogenated alkanes) is 27. The third-order valence-corrected chi connectivity index (χ3v) is 18.5. The Balaban J connectivity index is 5.39. The summed E-state index contributed by atoms with van der Waals surface area (Å²) in [5, 5.41) is 10.6. The van der Waals surface area contributed by atoms with E-state index in [1.165, 1.54) is 77.0 Å². The number of rotatable bonds is 75. The van der Waals surface area contributed by atoms with Crippen LogP contribution in [0.4, 0.5) is 0 Å². The van der Waals surface area contributed by atoms with E-state index in [9.17, 15) is 43.2 Å². The number of phosphoric ester groups is 2. The lowest BCUT2D eigenvalue weighted by molar-refractivity contribution is -0.161. The zero-order chi connectivity index (χ0) is 76.0. The van der Waals surface area contributed by atoms with Crippen LogP contribution in [0.1, 0.15) is 323 Å². The molecule has 0 heterocycles. The van der Waals surface area contributed by atoms with Crippen molar-refractivity contribution in [1.29, 1.82) is 0 Å². The van der Waals surface area contributed by atoms with Gasteiger partial charge in [-0.1, -0.05) is 290 Å². The Hall–Kier alpha value is -4.80. The van der Waals surface area contributed by atoms with Gasteiger partial charge in [-0.15, -0.1) is 0 Å². The Kier molecular flexibility index (Phi) is 72.9. The number of allylic oxidation sites excluding steroid dienone is 22. The smallest absolute Gasteiger partial charge is 0.462 e. The van der Waals surface area contributed by atoms with Gasteiger partial charge in [0.15, 0.2) is 12.2 Å².